The van der Waals surface area contributed by atoms with E-state index in [0.717, 1.165) is 57.3 Å². The second-order valence-electron chi connectivity index (χ2n) is 6.03. The molecular formula is C16H28N4O. The number of rotatable bonds is 7. The smallest absolute Gasteiger partial charge is 0.128 e. The molecule has 0 spiro atoms. The van der Waals surface area contributed by atoms with Crippen LogP contribution >= 0.6 is 0 Å². The maximum absolute atomic E-state index is 5.66. The molecule has 0 aromatic carbocycles. The van der Waals surface area contributed by atoms with Crippen molar-refractivity contribution < 1.29 is 4.74 Å². The van der Waals surface area contributed by atoms with Crippen LogP contribution in [-0.2, 0) is 11.3 Å². The second-order valence-corrected chi connectivity index (χ2v) is 6.03. The number of ether oxygens (including phenoxy) is 1. The summed E-state index contributed by atoms with van der Waals surface area (Å²) in [5, 5.41) is 0. The lowest BCUT2D eigenvalue weighted by Gasteiger charge is -2.35. The van der Waals surface area contributed by atoms with Crippen molar-refractivity contribution in [3.8, 4) is 0 Å². The Morgan fingerprint density at radius 2 is 2.00 bits per heavy atom. The van der Waals surface area contributed by atoms with E-state index in [-0.39, 0.29) is 0 Å². The second kappa shape index (κ2) is 8.32. The molecule has 0 radical (unpaired) electrons. The van der Waals surface area contributed by atoms with Gasteiger partial charge in [-0.2, -0.15) is 0 Å². The molecule has 1 aliphatic rings. The molecule has 1 aromatic rings. The summed E-state index contributed by atoms with van der Waals surface area (Å²) in [6, 6.07) is 4.14. The van der Waals surface area contributed by atoms with Crippen LogP contribution in [0.5, 0.6) is 0 Å². The fourth-order valence-corrected chi connectivity index (χ4v) is 2.44. The molecule has 0 unspecified atom stereocenters. The van der Waals surface area contributed by atoms with Gasteiger partial charge in [-0.3, -0.25) is 4.90 Å². The zero-order valence-electron chi connectivity index (χ0n) is 13.3. The molecular weight excluding hydrogens is 264 g/mol. The number of hydrogen-bond acceptors (Lipinski definition) is 5. The van der Waals surface area contributed by atoms with Crippen molar-refractivity contribution in [1.29, 1.82) is 0 Å². The normalized spacial score (nSPS) is 16.7. The number of anilines is 1. The van der Waals surface area contributed by atoms with Gasteiger partial charge in [0.2, 0.25) is 0 Å². The van der Waals surface area contributed by atoms with Crippen LogP contribution in [0, 0.1) is 5.92 Å². The standard InChI is InChI=1S/C16H28N4O/c1-14(2)13-21-10-9-19-5-7-20(8-6-19)16-4-3-15(11-17)12-18-16/h3-4,12,14H,5-11,13,17H2,1-2H3. The predicted molar refractivity (Wildman–Crippen MR) is 86.4 cm³/mol. The summed E-state index contributed by atoms with van der Waals surface area (Å²) in [6.45, 7) is 11.8. The van der Waals surface area contributed by atoms with Crippen LogP contribution in [-0.4, -0.2) is 55.8 Å². The van der Waals surface area contributed by atoms with Crippen molar-refractivity contribution in [2.45, 2.75) is 20.4 Å². The zero-order valence-corrected chi connectivity index (χ0v) is 13.3. The molecule has 1 aliphatic heterocycles. The first-order chi connectivity index (χ1) is 10.2. The van der Waals surface area contributed by atoms with E-state index in [2.05, 4.69) is 40.8 Å². The van der Waals surface area contributed by atoms with E-state index in [4.69, 9.17) is 10.5 Å². The number of piperazine rings is 1. The number of nitrogens with zero attached hydrogens (tertiary/aromatic N) is 3. The van der Waals surface area contributed by atoms with Gasteiger partial charge in [-0.15, -0.1) is 0 Å². The lowest BCUT2D eigenvalue weighted by molar-refractivity contribution is 0.0838. The summed E-state index contributed by atoms with van der Waals surface area (Å²) in [5.41, 5.74) is 6.68. The van der Waals surface area contributed by atoms with Crippen LogP contribution in [0.2, 0.25) is 0 Å². The molecule has 2 N–H and O–H groups in total. The minimum absolute atomic E-state index is 0.553. The number of aromatic nitrogens is 1. The molecule has 1 saturated heterocycles. The Labute approximate surface area is 128 Å². The summed E-state index contributed by atoms with van der Waals surface area (Å²) in [5.74, 6) is 1.67. The Morgan fingerprint density at radius 3 is 2.57 bits per heavy atom. The molecule has 118 valence electrons. The van der Waals surface area contributed by atoms with E-state index < -0.39 is 0 Å². The summed E-state index contributed by atoms with van der Waals surface area (Å²) < 4.78 is 5.66. The topological polar surface area (TPSA) is 54.6 Å². The first-order valence-electron chi connectivity index (χ1n) is 7.89. The van der Waals surface area contributed by atoms with Crippen LogP contribution in [0.15, 0.2) is 18.3 Å². The van der Waals surface area contributed by atoms with Crippen LogP contribution in [0.3, 0.4) is 0 Å². The Balaban J connectivity index is 1.70. The third-order valence-corrected chi connectivity index (χ3v) is 3.74. The molecule has 5 nitrogen and oxygen atoms in total. The Kier molecular flexibility index (Phi) is 6.42. The molecule has 2 heterocycles. The summed E-state index contributed by atoms with van der Waals surface area (Å²) >= 11 is 0. The van der Waals surface area contributed by atoms with E-state index >= 15 is 0 Å². The number of nitrogens with two attached hydrogens (primary N) is 1. The average molecular weight is 292 g/mol. The Hall–Kier alpha value is -1.17. The zero-order chi connectivity index (χ0) is 15.1. The van der Waals surface area contributed by atoms with Crippen molar-refractivity contribution in [3.63, 3.8) is 0 Å². The lowest BCUT2D eigenvalue weighted by Crippen LogP contribution is -2.47. The van der Waals surface area contributed by atoms with E-state index in [1.807, 2.05) is 6.20 Å². The molecule has 0 amide bonds. The SMILES string of the molecule is CC(C)COCCN1CCN(c2ccc(CN)cn2)CC1. The minimum Gasteiger partial charge on any atom is -0.380 e. The van der Waals surface area contributed by atoms with E-state index in [1.54, 1.807) is 0 Å². The third-order valence-electron chi connectivity index (χ3n) is 3.74. The first kappa shape index (κ1) is 16.2. The van der Waals surface area contributed by atoms with Gasteiger partial charge in [0.1, 0.15) is 5.82 Å². The largest absolute Gasteiger partial charge is 0.380 e. The number of pyridine rings is 1. The fourth-order valence-electron chi connectivity index (χ4n) is 2.44. The van der Waals surface area contributed by atoms with E-state index in [1.165, 1.54) is 0 Å². The molecule has 0 bridgehead atoms. The summed E-state index contributed by atoms with van der Waals surface area (Å²) in [4.78, 5) is 9.30. The molecule has 5 heteroatoms. The highest BCUT2D eigenvalue weighted by molar-refractivity contribution is 5.39. The minimum atomic E-state index is 0.553. The molecule has 2 rings (SSSR count). The van der Waals surface area contributed by atoms with Crippen molar-refractivity contribution >= 4 is 5.82 Å². The van der Waals surface area contributed by atoms with Gasteiger partial charge >= 0.3 is 0 Å². The monoisotopic (exact) mass is 292 g/mol. The van der Waals surface area contributed by atoms with Crippen LogP contribution in [0.1, 0.15) is 19.4 Å². The van der Waals surface area contributed by atoms with Crippen molar-refractivity contribution in [2.24, 2.45) is 11.7 Å². The van der Waals surface area contributed by atoms with Crippen molar-refractivity contribution in [2.75, 3.05) is 50.8 Å². The lowest BCUT2D eigenvalue weighted by atomic mass is 10.2. The fraction of sp³-hybridized carbons (Fsp3) is 0.688. The number of hydrogen-bond donors (Lipinski definition) is 1. The van der Waals surface area contributed by atoms with Gasteiger partial charge in [0.25, 0.3) is 0 Å². The summed E-state index contributed by atoms with van der Waals surface area (Å²) in [6.07, 6.45) is 1.88. The van der Waals surface area contributed by atoms with Gasteiger partial charge in [0.05, 0.1) is 6.61 Å². The highest BCUT2D eigenvalue weighted by Crippen LogP contribution is 2.13. The molecule has 0 saturated carbocycles. The molecule has 0 atom stereocenters. The van der Waals surface area contributed by atoms with Crippen molar-refractivity contribution in [3.05, 3.63) is 23.9 Å². The average Bonchev–Trinajstić information content (AvgIpc) is 2.52. The van der Waals surface area contributed by atoms with Gasteiger partial charge in [0, 0.05) is 52.1 Å². The Morgan fingerprint density at radius 1 is 1.24 bits per heavy atom. The molecule has 1 aromatic heterocycles. The van der Waals surface area contributed by atoms with Crippen LogP contribution in [0.25, 0.3) is 0 Å². The van der Waals surface area contributed by atoms with Gasteiger partial charge in [-0.05, 0) is 17.5 Å². The summed E-state index contributed by atoms with van der Waals surface area (Å²) in [7, 11) is 0. The van der Waals surface area contributed by atoms with Gasteiger partial charge in [0.15, 0.2) is 0 Å². The van der Waals surface area contributed by atoms with Crippen LogP contribution < -0.4 is 10.6 Å². The molecule has 0 aliphatic carbocycles. The van der Waals surface area contributed by atoms with Gasteiger partial charge in [-0.1, -0.05) is 19.9 Å². The van der Waals surface area contributed by atoms with Crippen molar-refractivity contribution in [1.82, 2.24) is 9.88 Å². The third kappa shape index (κ3) is 5.26. The van der Waals surface area contributed by atoms with Crippen LogP contribution in [0.4, 0.5) is 5.82 Å². The molecule has 1 fully saturated rings. The first-order valence-corrected chi connectivity index (χ1v) is 7.89. The van der Waals surface area contributed by atoms with Gasteiger partial charge in [-0.25, -0.2) is 4.98 Å². The highest BCUT2D eigenvalue weighted by Gasteiger charge is 2.17. The predicted octanol–water partition coefficient (Wildman–Crippen LogP) is 1.33. The highest BCUT2D eigenvalue weighted by atomic mass is 16.5. The quantitative estimate of drug-likeness (QED) is 0.769. The maximum atomic E-state index is 5.66. The molecule has 21 heavy (non-hydrogen) atoms. The van der Waals surface area contributed by atoms with E-state index in [0.29, 0.717) is 12.5 Å². The maximum Gasteiger partial charge on any atom is 0.128 e. The van der Waals surface area contributed by atoms with Gasteiger partial charge < -0.3 is 15.4 Å². The Bertz CT molecular complexity index is 399. The van der Waals surface area contributed by atoms with E-state index in [9.17, 15) is 0 Å².